The first-order chi connectivity index (χ1) is 17.5. The van der Waals surface area contributed by atoms with Gasteiger partial charge in [-0.05, 0) is 0 Å². The summed E-state index contributed by atoms with van der Waals surface area (Å²) in [5, 5.41) is -8.68. The lowest BCUT2D eigenvalue weighted by Crippen LogP contribution is -3.00. The van der Waals surface area contributed by atoms with Gasteiger partial charge in [-0.25, -0.2) is 8.42 Å². The number of hydrogen-bond acceptors (Lipinski definition) is 2. The van der Waals surface area contributed by atoms with Crippen molar-refractivity contribution in [1.29, 1.82) is 0 Å². The first-order valence-electron chi connectivity index (χ1n) is 9.15. The van der Waals surface area contributed by atoms with Gasteiger partial charge < -0.3 is 24.0 Å². The van der Waals surface area contributed by atoms with Crippen molar-refractivity contribution in [3.05, 3.63) is 0 Å². The maximum atomic E-state index is 13.8. The molecule has 0 aliphatic rings. The number of quaternary nitrogens is 1. The van der Waals surface area contributed by atoms with Crippen LogP contribution < -0.4 is 28.7 Å². The van der Waals surface area contributed by atoms with Crippen molar-refractivity contribution in [3.63, 3.8) is 0 Å². The van der Waals surface area contributed by atoms with Crippen LogP contribution in [0, 0.1) is 0 Å². The SMILES string of the molecule is C[N+](C)(C)C(F)(F)C(F)(F)C(F)(F)NS(=O)(=O)C(F)(F)C(F)(F)C(F)(F)C(F)(F)C(F)(F)C(F)(F)C(F)(F)C(F)(F)F.[I-]. The van der Waals surface area contributed by atoms with Crippen LogP contribution in [0.5, 0.6) is 0 Å². The van der Waals surface area contributed by atoms with Crippen LogP contribution in [-0.4, -0.2) is 99.0 Å². The fourth-order valence-electron chi connectivity index (χ4n) is 2.23. The summed E-state index contributed by atoms with van der Waals surface area (Å²) >= 11 is 0. The van der Waals surface area contributed by atoms with Crippen LogP contribution in [0.25, 0.3) is 0 Å². The predicted molar refractivity (Wildman–Crippen MR) is 85.6 cm³/mol. The van der Waals surface area contributed by atoms with Crippen LogP contribution >= 0.6 is 0 Å². The maximum absolute atomic E-state index is 13.8. The first kappa shape index (κ1) is 44.1. The third-order valence-corrected chi connectivity index (χ3v) is 6.36. The molecule has 4 nitrogen and oxygen atoms in total. The van der Waals surface area contributed by atoms with Gasteiger partial charge in [0.25, 0.3) is 10.0 Å². The summed E-state index contributed by atoms with van der Waals surface area (Å²) in [7, 11) is -9.26. The fourth-order valence-corrected chi connectivity index (χ4v) is 3.28. The van der Waals surface area contributed by atoms with Gasteiger partial charge in [0.05, 0.1) is 21.1 Å². The topological polar surface area (TPSA) is 46.2 Å². The predicted octanol–water partition coefficient (Wildman–Crippen LogP) is 3.40. The molecule has 0 aliphatic carbocycles. The third-order valence-electron chi connectivity index (χ3n) is 4.91. The number of hydrogen-bond donors (Lipinski definition) is 1. The molecule has 0 spiro atoms. The van der Waals surface area contributed by atoms with Gasteiger partial charge in [-0.3, -0.25) is 4.48 Å². The van der Waals surface area contributed by atoms with Crippen molar-refractivity contribution in [2.45, 2.75) is 65.0 Å². The molecule has 1 N–H and O–H groups in total. The van der Waals surface area contributed by atoms with Crippen molar-refractivity contribution in [1.82, 2.24) is 4.72 Å². The number of alkyl halides is 23. The number of halogens is 24. The van der Waals surface area contributed by atoms with E-state index in [2.05, 4.69) is 0 Å². The van der Waals surface area contributed by atoms with E-state index < -0.39 is 84.2 Å². The lowest BCUT2D eigenvalue weighted by molar-refractivity contribution is -0.975. The highest BCUT2D eigenvalue weighted by Gasteiger charge is 2.96. The molecule has 0 unspecified atom stereocenters. The highest BCUT2D eigenvalue weighted by atomic mass is 127. The Bertz CT molecular complexity index is 1120. The molecule has 0 amide bonds. The molecular weight excluding hydrogens is 824 g/mol. The van der Waals surface area contributed by atoms with E-state index in [0.717, 1.165) is 0 Å². The van der Waals surface area contributed by atoms with Gasteiger partial charge in [-0.2, -0.15) is 92.2 Å². The van der Waals surface area contributed by atoms with Gasteiger partial charge in [-0.15, -0.1) is 13.5 Å². The van der Waals surface area contributed by atoms with Crippen LogP contribution in [0.4, 0.5) is 101 Å². The first-order valence-corrected chi connectivity index (χ1v) is 10.6. The minimum absolute atomic E-state index is 0. The van der Waals surface area contributed by atoms with Crippen LogP contribution in [0.2, 0.25) is 0 Å². The molecule has 0 heterocycles. The third kappa shape index (κ3) is 5.76. The van der Waals surface area contributed by atoms with E-state index in [4.69, 9.17) is 0 Å². The van der Waals surface area contributed by atoms with Crippen LogP contribution in [0.1, 0.15) is 0 Å². The zero-order valence-electron chi connectivity index (χ0n) is 19.7. The molecule has 262 valence electrons. The lowest BCUT2D eigenvalue weighted by atomic mass is 9.91. The summed E-state index contributed by atoms with van der Waals surface area (Å²) in [5.41, 5.74) is 0. The molecule has 0 atom stereocenters. The molecule has 0 aromatic carbocycles. The maximum Gasteiger partial charge on any atom is 0.462 e. The molecule has 0 bridgehead atoms. The highest BCUT2D eigenvalue weighted by molar-refractivity contribution is 7.90. The van der Waals surface area contributed by atoms with Crippen LogP contribution in [0.3, 0.4) is 0 Å². The second-order valence-corrected chi connectivity index (χ2v) is 10.5. The number of rotatable bonds is 12. The number of nitrogens with zero attached hydrogens (tertiary/aromatic N) is 1. The Hall–Kier alpha value is -1.01. The zero-order chi connectivity index (χ0) is 35.2. The minimum atomic E-state index is -9.33. The molecule has 0 aromatic rings. The van der Waals surface area contributed by atoms with Gasteiger partial charge >= 0.3 is 65.0 Å². The Morgan fingerprint density at radius 1 is 0.442 bits per heavy atom. The van der Waals surface area contributed by atoms with Gasteiger partial charge in [-0.1, -0.05) is 0 Å². The zero-order valence-corrected chi connectivity index (χ0v) is 22.7. The summed E-state index contributed by atoms with van der Waals surface area (Å²) in [6.07, 6.45) is -8.10. The highest BCUT2D eigenvalue weighted by Crippen LogP contribution is 2.64. The van der Waals surface area contributed by atoms with Crippen LogP contribution in [-0.2, 0) is 10.0 Å². The Balaban J connectivity index is 0. The van der Waals surface area contributed by atoms with E-state index in [1.165, 1.54) is 0 Å². The largest absolute Gasteiger partial charge is 1.00 e. The Kier molecular flexibility index (Phi) is 11.1. The van der Waals surface area contributed by atoms with Gasteiger partial charge in [0.1, 0.15) is 0 Å². The molecule has 0 aliphatic heterocycles. The summed E-state index contributed by atoms with van der Waals surface area (Å²) in [5.74, 6) is -61.9. The summed E-state index contributed by atoms with van der Waals surface area (Å²) in [6.45, 7) is 0. The summed E-state index contributed by atoms with van der Waals surface area (Å²) in [6, 6.07) is -13.9. The molecule has 0 radical (unpaired) electrons. The Labute approximate surface area is 239 Å². The van der Waals surface area contributed by atoms with Crippen molar-refractivity contribution in [2.75, 3.05) is 21.1 Å². The van der Waals surface area contributed by atoms with E-state index in [-0.39, 0.29) is 45.1 Å². The second-order valence-electron chi connectivity index (χ2n) is 8.77. The molecule has 29 heteroatoms. The van der Waals surface area contributed by atoms with Gasteiger partial charge in [0.15, 0.2) is 0 Å². The lowest BCUT2D eigenvalue weighted by Gasteiger charge is -2.43. The monoisotopic (exact) mass is 834 g/mol. The average Bonchev–Trinajstić information content (AvgIpc) is 2.69. The Morgan fingerprint density at radius 3 is 0.953 bits per heavy atom. The van der Waals surface area contributed by atoms with E-state index in [1.54, 1.807) is 0 Å². The molecule has 43 heavy (non-hydrogen) atoms. The fraction of sp³-hybridized carbons (Fsp3) is 1.00. The quantitative estimate of drug-likeness (QED) is 0.142. The van der Waals surface area contributed by atoms with Crippen LogP contribution in [0.15, 0.2) is 0 Å². The molecule has 0 aromatic heterocycles. The molecular formula is C14H10F23IN2O2S. The van der Waals surface area contributed by atoms with Gasteiger partial charge in [0, 0.05) is 0 Å². The van der Waals surface area contributed by atoms with E-state index in [1.807, 2.05) is 0 Å². The minimum Gasteiger partial charge on any atom is -1.00 e. The van der Waals surface area contributed by atoms with Crippen molar-refractivity contribution in [2.24, 2.45) is 0 Å². The number of sulfonamides is 1. The standard InChI is InChI=1S/C14H10F23N2O2S.HI/c1-39(2,3)13(34,35)10(27,28)12(32,33)38-42(40,41)14(36,37)9(25,26)7(21,22)5(17,18)4(15,16)6(19,20)8(23,24)11(29,30)31;/h38H,1-3H3;1H/q+1;/p-1. The summed E-state index contributed by atoms with van der Waals surface area (Å²) in [4.78, 5) is 0. The summed E-state index contributed by atoms with van der Waals surface area (Å²) < 4.78 is 324. The van der Waals surface area contributed by atoms with E-state index in [0.29, 0.717) is 0 Å². The van der Waals surface area contributed by atoms with Crippen molar-refractivity contribution < 1.29 is 138 Å². The van der Waals surface area contributed by atoms with Crippen molar-refractivity contribution >= 4 is 10.0 Å². The van der Waals surface area contributed by atoms with Gasteiger partial charge in [0.2, 0.25) is 0 Å². The van der Waals surface area contributed by atoms with E-state index in [9.17, 15) is 109 Å². The molecule has 0 saturated heterocycles. The smallest absolute Gasteiger partial charge is 0.462 e. The molecule has 0 rings (SSSR count). The number of nitrogens with one attached hydrogen (secondary N) is 1. The average molecular weight is 834 g/mol. The Morgan fingerprint density at radius 2 is 0.698 bits per heavy atom. The van der Waals surface area contributed by atoms with E-state index >= 15 is 0 Å². The molecule has 0 saturated carbocycles. The molecule has 0 fully saturated rings. The van der Waals surface area contributed by atoms with Crippen molar-refractivity contribution in [3.8, 4) is 0 Å². The normalized spacial score (nSPS) is 16.7. The second kappa shape index (κ2) is 10.8.